The monoisotopic (exact) mass is 397 g/mol. The van der Waals surface area contributed by atoms with E-state index in [1.165, 1.54) is 0 Å². The number of anilines is 1. The third-order valence-corrected chi connectivity index (χ3v) is 5.77. The van der Waals surface area contributed by atoms with Gasteiger partial charge in [-0.25, -0.2) is 9.78 Å². The van der Waals surface area contributed by atoms with Crippen LogP contribution in [0.25, 0.3) is 10.2 Å². The highest BCUT2D eigenvalue weighted by Crippen LogP contribution is 2.28. The van der Waals surface area contributed by atoms with Crippen molar-refractivity contribution in [1.82, 2.24) is 9.88 Å². The number of para-hydroxylation sites is 1. The normalized spacial score (nSPS) is 11.9. The van der Waals surface area contributed by atoms with Gasteiger partial charge in [-0.2, -0.15) is 0 Å². The van der Waals surface area contributed by atoms with Crippen LogP contribution < -0.4 is 4.90 Å². The molecule has 1 heterocycles. The third-order valence-electron chi connectivity index (χ3n) is 4.57. The van der Waals surface area contributed by atoms with E-state index in [0.717, 1.165) is 20.9 Å². The van der Waals surface area contributed by atoms with Crippen molar-refractivity contribution in [2.75, 3.05) is 32.6 Å². The molecule has 0 aliphatic rings. The molecule has 0 fully saturated rings. The molecule has 0 aliphatic carbocycles. The lowest BCUT2D eigenvalue weighted by Gasteiger charge is -2.23. The van der Waals surface area contributed by atoms with E-state index in [9.17, 15) is 9.59 Å². The Morgan fingerprint density at radius 2 is 1.86 bits per heavy atom. The lowest BCUT2D eigenvalue weighted by molar-refractivity contribution is -0.135. The molecule has 28 heavy (non-hydrogen) atoms. The second-order valence-corrected chi connectivity index (χ2v) is 7.78. The van der Waals surface area contributed by atoms with Crippen molar-refractivity contribution in [3.05, 3.63) is 59.1 Å². The largest absolute Gasteiger partial charge is 0.452 e. The Balaban J connectivity index is 1.62. The molecule has 6 nitrogen and oxygen atoms in total. The molecular formula is C21H23N3O3S. The summed E-state index contributed by atoms with van der Waals surface area (Å²) in [5, 5.41) is 0.849. The molecule has 1 aromatic heterocycles. The highest BCUT2D eigenvalue weighted by molar-refractivity contribution is 7.18. The Hall–Kier alpha value is -2.93. The summed E-state index contributed by atoms with van der Waals surface area (Å²) in [4.78, 5) is 32.8. The molecule has 0 saturated carbocycles. The molecule has 7 heteroatoms. The Bertz CT molecular complexity index is 966. The Morgan fingerprint density at radius 3 is 2.57 bits per heavy atom. The standard InChI is InChI=1S/C21H23N3O3S/c1-14(20-22-17-10-5-6-11-18(17)28-20)24(4)19(25)13-27-21(26)15-8-7-9-16(12-15)23(2)3/h5-12,14H,13H2,1-4H3/t14-/m0/s1. The second kappa shape index (κ2) is 8.39. The number of aromatic nitrogens is 1. The quantitative estimate of drug-likeness (QED) is 0.593. The van der Waals surface area contributed by atoms with Gasteiger partial charge in [0.1, 0.15) is 5.01 Å². The topological polar surface area (TPSA) is 62.7 Å². The van der Waals surface area contributed by atoms with Gasteiger partial charge in [0, 0.05) is 26.8 Å². The molecule has 0 N–H and O–H groups in total. The number of benzene rings is 2. The second-order valence-electron chi connectivity index (χ2n) is 6.72. The first-order valence-corrected chi connectivity index (χ1v) is 9.74. The number of carbonyl (C=O) groups is 2. The van der Waals surface area contributed by atoms with Crippen LogP contribution in [0.5, 0.6) is 0 Å². The molecule has 1 atom stereocenters. The fraction of sp³-hybridized carbons (Fsp3) is 0.286. The average molecular weight is 398 g/mol. The van der Waals surface area contributed by atoms with E-state index in [4.69, 9.17) is 4.74 Å². The smallest absolute Gasteiger partial charge is 0.338 e. The van der Waals surface area contributed by atoms with Gasteiger partial charge in [0.05, 0.1) is 21.8 Å². The minimum Gasteiger partial charge on any atom is -0.452 e. The van der Waals surface area contributed by atoms with Crippen molar-refractivity contribution in [2.45, 2.75) is 13.0 Å². The van der Waals surface area contributed by atoms with E-state index >= 15 is 0 Å². The Morgan fingerprint density at radius 1 is 1.11 bits per heavy atom. The fourth-order valence-corrected chi connectivity index (χ4v) is 3.74. The van der Waals surface area contributed by atoms with Crippen molar-refractivity contribution in [3.63, 3.8) is 0 Å². The molecule has 0 spiro atoms. The van der Waals surface area contributed by atoms with Crippen LogP contribution in [0.3, 0.4) is 0 Å². The van der Waals surface area contributed by atoms with Crippen molar-refractivity contribution < 1.29 is 14.3 Å². The lowest BCUT2D eigenvalue weighted by atomic mass is 10.2. The zero-order valence-corrected chi connectivity index (χ0v) is 17.2. The highest BCUT2D eigenvalue weighted by Gasteiger charge is 2.22. The van der Waals surface area contributed by atoms with Crippen LogP contribution >= 0.6 is 11.3 Å². The first-order chi connectivity index (χ1) is 13.4. The van der Waals surface area contributed by atoms with Gasteiger partial charge in [0.15, 0.2) is 6.61 Å². The van der Waals surface area contributed by atoms with Crippen LogP contribution in [-0.4, -0.2) is 49.5 Å². The Labute approximate surface area is 168 Å². The maximum absolute atomic E-state index is 12.5. The molecule has 146 valence electrons. The number of ether oxygens (including phenoxy) is 1. The summed E-state index contributed by atoms with van der Waals surface area (Å²) in [6.45, 7) is 1.61. The number of amides is 1. The van der Waals surface area contributed by atoms with Gasteiger partial charge in [0.2, 0.25) is 0 Å². The number of rotatable bonds is 6. The van der Waals surface area contributed by atoms with Gasteiger partial charge in [-0.05, 0) is 37.3 Å². The molecule has 0 unspecified atom stereocenters. The third kappa shape index (κ3) is 4.31. The molecular weight excluding hydrogens is 374 g/mol. The van der Waals surface area contributed by atoms with E-state index < -0.39 is 5.97 Å². The van der Waals surface area contributed by atoms with Crippen LogP contribution in [0.15, 0.2) is 48.5 Å². The van der Waals surface area contributed by atoms with Crippen molar-refractivity contribution in [3.8, 4) is 0 Å². The van der Waals surface area contributed by atoms with Crippen molar-refractivity contribution in [2.24, 2.45) is 0 Å². The number of thiazole rings is 1. The summed E-state index contributed by atoms with van der Waals surface area (Å²) in [5.74, 6) is -0.790. The molecule has 1 amide bonds. The zero-order valence-electron chi connectivity index (χ0n) is 16.4. The Kier molecular flexibility index (Phi) is 5.94. The van der Waals surface area contributed by atoms with Crippen LogP contribution in [0, 0.1) is 0 Å². The summed E-state index contributed by atoms with van der Waals surface area (Å²) in [6.07, 6.45) is 0. The molecule has 2 aromatic carbocycles. The number of hydrogen-bond acceptors (Lipinski definition) is 6. The fourth-order valence-electron chi connectivity index (χ4n) is 2.67. The number of esters is 1. The van der Waals surface area contributed by atoms with Gasteiger partial charge in [0.25, 0.3) is 5.91 Å². The van der Waals surface area contributed by atoms with Crippen molar-refractivity contribution >= 4 is 39.1 Å². The number of carbonyl (C=O) groups excluding carboxylic acids is 2. The molecule has 0 bridgehead atoms. The van der Waals surface area contributed by atoms with Gasteiger partial charge >= 0.3 is 5.97 Å². The summed E-state index contributed by atoms with van der Waals surface area (Å²) in [6, 6.07) is 14.8. The van der Waals surface area contributed by atoms with Gasteiger partial charge in [-0.15, -0.1) is 11.3 Å². The highest BCUT2D eigenvalue weighted by atomic mass is 32.1. The van der Waals surface area contributed by atoms with E-state index in [1.54, 1.807) is 41.5 Å². The number of fused-ring (bicyclic) bond motifs is 1. The summed E-state index contributed by atoms with van der Waals surface area (Å²) in [5.41, 5.74) is 2.23. The number of likely N-dealkylation sites (N-methyl/N-ethyl adjacent to an activating group) is 1. The summed E-state index contributed by atoms with van der Waals surface area (Å²) < 4.78 is 6.31. The minimum atomic E-state index is -0.516. The van der Waals surface area contributed by atoms with Crippen LogP contribution in [0.1, 0.15) is 28.3 Å². The predicted octanol–water partition coefficient (Wildman–Crippen LogP) is 3.74. The van der Waals surface area contributed by atoms with E-state index in [-0.39, 0.29) is 18.6 Å². The summed E-state index contributed by atoms with van der Waals surface area (Å²) in [7, 11) is 5.48. The van der Waals surface area contributed by atoms with Gasteiger partial charge < -0.3 is 14.5 Å². The summed E-state index contributed by atoms with van der Waals surface area (Å²) >= 11 is 1.56. The number of hydrogen-bond donors (Lipinski definition) is 0. The first kappa shape index (κ1) is 19.8. The van der Waals surface area contributed by atoms with Gasteiger partial charge in [-0.1, -0.05) is 18.2 Å². The predicted molar refractivity (Wildman–Crippen MR) is 112 cm³/mol. The van der Waals surface area contributed by atoms with Crippen LogP contribution in [0.2, 0.25) is 0 Å². The van der Waals surface area contributed by atoms with E-state index in [1.807, 2.05) is 56.3 Å². The lowest BCUT2D eigenvalue weighted by Crippen LogP contribution is -2.33. The zero-order chi connectivity index (χ0) is 20.3. The van der Waals surface area contributed by atoms with E-state index in [0.29, 0.717) is 5.56 Å². The van der Waals surface area contributed by atoms with Crippen LogP contribution in [-0.2, 0) is 9.53 Å². The molecule has 3 aromatic rings. The average Bonchev–Trinajstić information content (AvgIpc) is 3.14. The maximum atomic E-state index is 12.5. The molecule has 3 rings (SSSR count). The molecule has 0 radical (unpaired) electrons. The van der Waals surface area contributed by atoms with Crippen LogP contribution in [0.4, 0.5) is 5.69 Å². The maximum Gasteiger partial charge on any atom is 0.338 e. The van der Waals surface area contributed by atoms with E-state index in [2.05, 4.69) is 4.98 Å². The first-order valence-electron chi connectivity index (χ1n) is 8.92. The minimum absolute atomic E-state index is 0.208. The SMILES string of the molecule is C[C@@H](c1nc2ccccc2s1)N(C)C(=O)COC(=O)c1cccc(N(C)C)c1. The van der Waals surface area contributed by atoms with Crippen molar-refractivity contribution in [1.29, 1.82) is 0 Å². The molecule has 0 saturated heterocycles. The number of nitrogens with zero attached hydrogens (tertiary/aromatic N) is 3. The van der Waals surface area contributed by atoms with Gasteiger partial charge in [-0.3, -0.25) is 4.79 Å². The molecule has 0 aliphatic heterocycles.